The van der Waals surface area contributed by atoms with Gasteiger partial charge in [-0.25, -0.2) is 4.79 Å². The van der Waals surface area contributed by atoms with E-state index < -0.39 is 17.2 Å². The molecule has 0 saturated carbocycles. The van der Waals surface area contributed by atoms with Crippen LogP contribution in [0.25, 0.3) is 10.8 Å². The van der Waals surface area contributed by atoms with E-state index in [9.17, 15) is 14.4 Å². The molecule has 0 aliphatic rings. The molecule has 4 aromatic rings. The molecule has 28 heavy (non-hydrogen) atoms. The number of hydrogen-bond donors (Lipinski definition) is 2. The Morgan fingerprint density at radius 3 is 2.61 bits per heavy atom. The number of benzene rings is 2. The maximum absolute atomic E-state index is 12.7. The number of carbonyl (C=O) groups is 1. The number of nitrogens with one attached hydrogen (secondary N) is 2. The normalized spacial score (nSPS) is 10.7. The van der Waals surface area contributed by atoms with Crippen LogP contribution in [0, 0.1) is 0 Å². The van der Waals surface area contributed by atoms with E-state index in [4.69, 9.17) is 0 Å². The van der Waals surface area contributed by atoms with Crippen molar-refractivity contribution in [1.29, 1.82) is 0 Å². The molecule has 0 fully saturated rings. The number of hydrogen-bond acceptors (Lipinski definition) is 4. The minimum absolute atomic E-state index is 0.0234. The Morgan fingerprint density at radius 1 is 1.00 bits per heavy atom. The third-order valence-electron chi connectivity index (χ3n) is 4.39. The largest absolute Gasteiger partial charge is 0.328 e. The zero-order valence-corrected chi connectivity index (χ0v) is 14.8. The van der Waals surface area contributed by atoms with E-state index in [0.29, 0.717) is 11.4 Å². The van der Waals surface area contributed by atoms with Crippen molar-refractivity contribution in [3.63, 3.8) is 0 Å². The highest BCUT2D eigenvalue weighted by atomic mass is 16.2. The third kappa shape index (κ3) is 3.33. The molecule has 0 bridgehead atoms. The first-order chi connectivity index (χ1) is 13.6. The van der Waals surface area contributed by atoms with Crippen LogP contribution in [0.5, 0.6) is 0 Å². The van der Waals surface area contributed by atoms with Crippen molar-refractivity contribution in [2.45, 2.75) is 6.54 Å². The summed E-state index contributed by atoms with van der Waals surface area (Å²) in [5.41, 5.74) is -0.292. The quantitative estimate of drug-likeness (QED) is 0.575. The fourth-order valence-electron chi connectivity index (χ4n) is 3.00. The molecule has 0 saturated heterocycles. The molecule has 0 aliphatic carbocycles. The second kappa shape index (κ2) is 7.32. The number of aromatic amines is 1. The fraction of sp³-hybridized carbons (Fsp3) is 0.0476. The molecule has 0 unspecified atom stereocenters. The molecule has 2 N–H and O–H groups in total. The van der Waals surface area contributed by atoms with Gasteiger partial charge >= 0.3 is 5.69 Å². The van der Waals surface area contributed by atoms with Gasteiger partial charge in [0.2, 0.25) is 0 Å². The van der Waals surface area contributed by atoms with Crippen molar-refractivity contribution in [2.24, 2.45) is 0 Å². The second-order valence-corrected chi connectivity index (χ2v) is 6.20. The van der Waals surface area contributed by atoms with E-state index in [1.54, 1.807) is 30.5 Å². The van der Waals surface area contributed by atoms with Crippen LogP contribution in [0.2, 0.25) is 0 Å². The molecule has 7 nitrogen and oxygen atoms in total. The maximum Gasteiger partial charge on any atom is 0.328 e. The molecule has 4 rings (SSSR count). The Kier molecular flexibility index (Phi) is 4.55. The van der Waals surface area contributed by atoms with Gasteiger partial charge in [-0.05, 0) is 23.6 Å². The zero-order valence-electron chi connectivity index (χ0n) is 14.8. The standard InChI is InChI=1S/C21H16N4O3/c26-19(24-18-10-5-7-14-6-1-2-9-16(14)18)17-12-23-21(28)25(20(17)27)13-15-8-3-4-11-22-15/h1-12H,13H2,(H,23,28)(H,24,26). The molecule has 0 radical (unpaired) electrons. The molecule has 2 heterocycles. The number of rotatable bonds is 4. The molecule has 138 valence electrons. The van der Waals surface area contributed by atoms with Gasteiger partial charge in [-0.15, -0.1) is 0 Å². The lowest BCUT2D eigenvalue weighted by atomic mass is 10.1. The lowest BCUT2D eigenvalue weighted by Gasteiger charge is -2.10. The summed E-state index contributed by atoms with van der Waals surface area (Å²) < 4.78 is 0.959. The summed E-state index contributed by atoms with van der Waals surface area (Å²) in [6, 6.07) is 18.3. The van der Waals surface area contributed by atoms with Crippen molar-refractivity contribution in [2.75, 3.05) is 5.32 Å². The zero-order chi connectivity index (χ0) is 19.5. The van der Waals surface area contributed by atoms with Crippen molar-refractivity contribution in [1.82, 2.24) is 14.5 Å². The average Bonchev–Trinajstić information content (AvgIpc) is 2.72. The Labute approximate surface area is 159 Å². The van der Waals surface area contributed by atoms with Gasteiger partial charge < -0.3 is 10.3 Å². The summed E-state index contributed by atoms with van der Waals surface area (Å²) in [5, 5.41) is 4.59. The molecule has 2 aromatic carbocycles. The molecule has 1 amide bonds. The number of amides is 1. The van der Waals surface area contributed by atoms with Gasteiger partial charge in [-0.2, -0.15) is 0 Å². The van der Waals surface area contributed by atoms with E-state index in [1.807, 2.05) is 36.4 Å². The smallest absolute Gasteiger partial charge is 0.321 e. The minimum atomic E-state index is -0.674. The van der Waals surface area contributed by atoms with Gasteiger partial charge in [0.15, 0.2) is 0 Å². The van der Waals surface area contributed by atoms with Crippen LogP contribution in [0.1, 0.15) is 16.1 Å². The maximum atomic E-state index is 12.7. The van der Waals surface area contributed by atoms with Crippen LogP contribution in [0.3, 0.4) is 0 Å². The number of anilines is 1. The van der Waals surface area contributed by atoms with Crippen molar-refractivity contribution in [3.8, 4) is 0 Å². The van der Waals surface area contributed by atoms with Crippen molar-refractivity contribution < 1.29 is 4.79 Å². The summed E-state index contributed by atoms with van der Waals surface area (Å²) in [7, 11) is 0. The molecular formula is C21H16N4O3. The highest BCUT2D eigenvalue weighted by Gasteiger charge is 2.16. The summed E-state index contributed by atoms with van der Waals surface area (Å²) in [6.45, 7) is -0.0234. The van der Waals surface area contributed by atoms with Crippen LogP contribution < -0.4 is 16.6 Å². The molecule has 0 spiro atoms. The number of fused-ring (bicyclic) bond motifs is 1. The Hall–Kier alpha value is -4.00. The number of carbonyl (C=O) groups excluding carboxylic acids is 1. The van der Waals surface area contributed by atoms with Crippen molar-refractivity contribution in [3.05, 3.63) is 105 Å². The van der Waals surface area contributed by atoms with Gasteiger partial charge in [0.25, 0.3) is 11.5 Å². The predicted molar refractivity (Wildman–Crippen MR) is 107 cm³/mol. The number of aromatic nitrogens is 3. The summed E-state index contributed by atoms with van der Waals surface area (Å²) in [4.78, 5) is 44.1. The molecule has 2 aromatic heterocycles. The van der Waals surface area contributed by atoms with Crippen LogP contribution in [0.15, 0.2) is 82.6 Å². The van der Waals surface area contributed by atoms with E-state index >= 15 is 0 Å². The molecular weight excluding hydrogens is 356 g/mol. The van der Waals surface area contributed by atoms with E-state index in [0.717, 1.165) is 21.5 Å². The first-order valence-corrected chi connectivity index (χ1v) is 8.65. The second-order valence-electron chi connectivity index (χ2n) is 6.20. The summed E-state index contributed by atoms with van der Waals surface area (Å²) in [6.07, 6.45) is 2.71. The Balaban J connectivity index is 1.69. The molecule has 0 aliphatic heterocycles. The van der Waals surface area contributed by atoms with E-state index in [2.05, 4.69) is 15.3 Å². The Bertz CT molecular complexity index is 1270. The fourth-order valence-corrected chi connectivity index (χ4v) is 3.00. The monoisotopic (exact) mass is 372 g/mol. The number of pyridine rings is 1. The predicted octanol–water partition coefficient (Wildman–Crippen LogP) is 2.39. The highest BCUT2D eigenvalue weighted by molar-refractivity contribution is 6.08. The first kappa shape index (κ1) is 17.4. The Morgan fingerprint density at radius 2 is 1.79 bits per heavy atom. The molecule has 0 atom stereocenters. The van der Waals surface area contributed by atoms with Gasteiger partial charge in [0.1, 0.15) is 5.56 Å². The number of H-pyrrole nitrogens is 1. The van der Waals surface area contributed by atoms with Crippen LogP contribution in [-0.4, -0.2) is 20.4 Å². The van der Waals surface area contributed by atoms with E-state index in [-0.39, 0.29) is 12.1 Å². The van der Waals surface area contributed by atoms with Gasteiger partial charge in [0, 0.05) is 23.5 Å². The minimum Gasteiger partial charge on any atom is -0.321 e. The lowest BCUT2D eigenvalue weighted by molar-refractivity contribution is 0.102. The van der Waals surface area contributed by atoms with E-state index in [1.165, 1.54) is 0 Å². The van der Waals surface area contributed by atoms with Crippen LogP contribution in [-0.2, 0) is 6.54 Å². The number of nitrogens with zero attached hydrogens (tertiary/aromatic N) is 2. The first-order valence-electron chi connectivity index (χ1n) is 8.65. The lowest BCUT2D eigenvalue weighted by Crippen LogP contribution is -2.39. The molecule has 7 heteroatoms. The average molecular weight is 372 g/mol. The van der Waals surface area contributed by atoms with Crippen molar-refractivity contribution >= 4 is 22.4 Å². The van der Waals surface area contributed by atoms with Gasteiger partial charge in [-0.1, -0.05) is 42.5 Å². The summed E-state index contributed by atoms with van der Waals surface area (Å²) in [5.74, 6) is -0.590. The third-order valence-corrected chi connectivity index (χ3v) is 4.39. The SMILES string of the molecule is O=C(Nc1cccc2ccccc12)c1c[nH]c(=O)n(Cc2ccccn2)c1=O. The van der Waals surface area contributed by atoms with Gasteiger partial charge in [0.05, 0.1) is 12.2 Å². The van der Waals surface area contributed by atoms with Crippen LogP contribution in [0.4, 0.5) is 5.69 Å². The van der Waals surface area contributed by atoms with Gasteiger partial charge in [-0.3, -0.25) is 19.1 Å². The summed E-state index contributed by atoms with van der Waals surface area (Å²) >= 11 is 0. The topological polar surface area (TPSA) is 96.8 Å². The van der Waals surface area contributed by atoms with Crippen LogP contribution >= 0.6 is 0 Å². The highest BCUT2D eigenvalue weighted by Crippen LogP contribution is 2.23.